The Hall–Kier alpha value is -0.800. The van der Waals surface area contributed by atoms with Crippen molar-refractivity contribution in [3.8, 4) is 0 Å². The molecule has 2 aromatic rings. The monoisotopic (exact) mass is 237 g/mol. The van der Waals surface area contributed by atoms with Crippen LogP contribution in [0.2, 0.25) is 0 Å². The van der Waals surface area contributed by atoms with Gasteiger partial charge in [-0.2, -0.15) is 0 Å². The number of aromatic nitrogens is 1. The molecular weight excluding hydrogens is 230 g/mol. The van der Waals surface area contributed by atoms with Crippen molar-refractivity contribution in [1.29, 1.82) is 0 Å². The van der Waals surface area contributed by atoms with Gasteiger partial charge < -0.3 is 9.72 Å². The molecule has 0 amide bonds. The molecular formula is C10H8BrNO. The van der Waals surface area contributed by atoms with E-state index in [2.05, 4.69) is 39.1 Å². The molecule has 2 nitrogen and oxygen atoms in total. The van der Waals surface area contributed by atoms with Crippen molar-refractivity contribution in [3.05, 3.63) is 34.4 Å². The van der Waals surface area contributed by atoms with Crippen LogP contribution in [0.4, 0.5) is 0 Å². The molecule has 1 saturated heterocycles. The Balaban J connectivity index is 2.20. The molecule has 0 saturated carbocycles. The van der Waals surface area contributed by atoms with Gasteiger partial charge in [0.1, 0.15) is 6.10 Å². The van der Waals surface area contributed by atoms with E-state index in [0.717, 1.165) is 11.1 Å². The van der Waals surface area contributed by atoms with Gasteiger partial charge in [0, 0.05) is 21.1 Å². The summed E-state index contributed by atoms with van der Waals surface area (Å²) in [6.45, 7) is 0.855. The van der Waals surface area contributed by atoms with Crippen LogP contribution < -0.4 is 0 Å². The number of fused-ring (bicyclic) bond motifs is 1. The Morgan fingerprint density at radius 3 is 3.00 bits per heavy atom. The number of hydrogen-bond acceptors (Lipinski definition) is 1. The molecule has 1 aliphatic rings. The van der Waals surface area contributed by atoms with Crippen LogP contribution in [0.1, 0.15) is 11.8 Å². The fourth-order valence-corrected chi connectivity index (χ4v) is 1.91. The van der Waals surface area contributed by atoms with Crippen molar-refractivity contribution >= 4 is 26.8 Å². The third kappa shape index (κ3) is 1.28. The van der Waals surface area contributed by atoms with Crippen LogP contribution in [0, 0.1) is 0 Å². The lowest BCUT2D eigenvalue weighted by Crippen LogP contribution is -1.76. The summed E-state index contributed by atoms with van der Waals surface area (Å²) >= 11 is 3.45. The van der Waals surface area contributed by atoms with Gasteiger partial charge in [0.2, 0.25) is 0 Å². The maximum absolute atomic E-state index is 5.21. The van der Waals surface area contributed by atoms with Crippen molar-refractivity contribution in [1.82, 2.24) is 4.98 Å². The smallest absolute Gasteiger partial charge is 0.121 e. The summed E-state index contributed by atoms with van der Waals surface area (Å²) in [6.07, 6.45) is 0.311. The summed E-state index contributed by atoms with van der Waals surface area (Å²) in [5.74, 6) is 0. The van der Waals surface area contributed by atoms with Crippen molar-refractivity contribution in [2.24, 2.45) is 0 Å². The molecule has 2 heterocycles. The zero-order chi connectivity index (χ0) is 8.84. The van der Waals surface area contributed by atoms with E-state index in [4.69, 9.17) is 4.74 Å². The number of rotatable bonds is 1. The second kappa shape index (κ2) is 2.59. The van der Waals surface area contributed by atoms with Crippen LogP contribution in [-0.4, -0.2) is 11.6 Å². The van der Waals surface area contributed by atoms with E-state index in [1.165, 1.54) is 16.6 Å². The van der Waals surface area contributed by atoms with E-state index in [1.54, 1.807) is 0 Å². The minimum absolute atomic E-state index is 0.311. The molecule has 1 aromatic heterocycles. The number of H-pyrrole nitrogens is 1. The molecule has 0 spiro atoms. The highest BCUT2D eigenvalue weighted by atomic mass is 79.9. The Labute approximate surface area is 84.0 Å². The first-order chi connectivity index (χ1) is 6.33. The zero-order valence-electron chi connectivity index (χ0n) is 6.88. The van der Waals surface area contributed by atoms with Gasteiger partial charge in [-0.05, 0) is 24.3 Å². The van der Waals surface area contributed by atoms with E-state index in [1.807, 2.05) is 6.07 Å². The van der Waals surface area contributed by atoms with E-state index in [-0.39, 0.29) is 0 Å². The fourth-order valence-electron chi connectivity index (χ4n) is 1.53. The molecule has 1 aliphatic heterocycles. The quantitative estimate of drug-likeness (QED) is 0.760. The van der Waals surface area contributed by atoms with Crippen LogP contribution in [0.15, 0.2) is 28.7 Å². The predicted octanol–water partition coefficient (Wildman–Crippen LogP) is 3.00. The van der Waals surface area contributed by atoms with Crippen molar-refractivity contribution in [2.45, 2.75) is 6.10 Å². The highest BCUT2D eigenvalue weighted by Gasteiger charge is 2.26. The molecule has 1 atom stereocenters. The second-order valence-corrected chi connectivity index (χ2v) is 4.19. The number of aromatic amines is 1. The van der Waals surface area contributed by atoms with Gasteiger partial charge in [0.15, 0.2) is 0 Å². The maximum Gasteiger partial charge on any atom is 0.121 e. The normalized spacial score (nSPS) is 20.8. The molecule has 1 N–H and O–H groups in total. The molecule has 0 bridgehead atoms. The van der Waals surface area contributed by atoms with Crippen molar-refractivity contribution in [3.63, 3.8) is 0 Å². The Morgan fingerprint density at radius 1 is 1.38 bits per heavy atom. The second-order valence-electron chi connectivity index (χ2n) is 3.28. The lowest BCUT2D eigenvalue weighted by Gasteiger charge is -1.89. The number of benzene rings is 1. The minimum Gasteiger partial charge on any atom is -0.366 e. The largest absolute Gasteiger partial charge is 0.366 e. The number of nitrogens with one attached hydrogen (secondary N) is 1. The summed E-state index contributed by atoms with van der Waals surface area (Å²) in [6, 6.07) is 8.37. The van der Waals surface area contributed by atoms with Gasteiger partial charge in [-0.15, -0.1) is 0 Å². The van der Waals surface area contributed by atoms with Crippen molar-refractivity contribution < 1.29 is 4.74 Å². The molecule has 3 heteroatoms. The average Bonchev–Trinajstić information content (AvgIpc) is 2.87. The van der Waals surface area contributed by atoms with E-state index >= 15 is 0 Å². The van der Waals surface area contributed by atoms with Gasteiger partial charge in [0.05, 0.1) is 6.61 Å². The standard InChI is InChI=1S/C10H8BrNO/c11-7-1-2-8-6(3-7)4-9(12-8)10-5-13-10/h1-4,10,12H,5H2. The minimum atomic E-state index is 0.311. The first kappa shape index (κ1) is 7.59. The SMILES string of the molecule is Brc1ccc2[nH]c(C3CO3)cc2c1. The molecule has 0 radical (unpaired) electrons. The third-order valence-corrected chi connectivity index (χ3v) is 2.78. The maximum atomic E-state index is 5.21. The van der Waals surface area contributed by atoms with Crippen LogP contribution in [-0.2, 0) is 4.74 Å². The molecule has 3 rings (SSSR count). The van der Waals surface area contributed by atoms with Crippen LogP contribution in [0.3, 0.4) is 0 Å². The third-order valence-electron chi connectivity index (χ3n) is 2.28. The molecule has 0 aliphatic carbocycles. The van der Waals surface area contributed by atoms with E-state index < -0.39 is 0 Å². The Morgan fingerprint density at radius 2 is 2.23 bits per heavy atom. The zero-order valence-corrected chi connectivity index (χ0v) is 8.47. The van der Waals surface area contributed by atoms with Crippen LogP contribution in [0.25, 0.3) is 10.9 Å². The highest BCUT2D eigenvalue weighted by molar-refractivity contribution is 9.10. The summed E-state index contributed by atoms with van der Waals surface area (Å²) in [4.78, 5) is 3.34. The first-order valence-electron chi connectivity index (χ1n) is 4.23. The van der Waals surface area contributed by atoms with E-state index in [9.17, 15) is 0 Å². The van der Waals surface area contributed by atoms with Crippen LogP contribution >= 0.6 is 15.9 Å². The lowest BCUT2D eigenvalue weighted by molar-refractivity contribution is 0.412. The number of epoxide rings is 1. The fraction of sp³-hybridized carbons (Fsp3) is 0.200. The highest BCUT2D eigenvalue weighted by Crippen LogP contribution is 2.31. The Bertz CT molecular complexity index is 459. The van der Waals surface area contributed by atoms with Gasteiger partial charge in [-0.25, -0.2) is 0 Å². The molecule has 1 unspecified atom stereocenters. The Kier molecular flexibility index (Phi) is 1.51. The van der Waals surface area contributed by atoms with Gasteiger partial charge in [-0.3, -0.25) is 0 Å². The summed E-state index contributed by atoms with van der Waals surface area (Å²) in [5.41, 5.74) is 2.36. The average molecular weight is 238 g/mol. The number of ether oxygens (including phenoxy) is 1. The van der Waals surface area contributed by atoms with Gasteiger partial charge >= 0.3 is 0 Å². The topological polar surface area (TPSA) is 28.3 Å². The summed E-state index contributed by atoms with van der Waals surface area (Å²) in [7, 11) is 0. The van der Waals surface area contributed by atoms with E-state index in [0.29, 0.717) is 6.10 Å². The molecule has 1 fully saturated rings. The number of hydrogen-bond donors (Lipinski definition) is 1. The molecule has 66 valence electrons. The predicted molar refractivity (Wildman–Crippen MR) is 54.7 cm³/mol. The summed E-state index contributed by atoms with van der Waals surface area (Å²) < 4.78 is 6.32. The first-order valence-corrected chi connectivity index (χ1v) is 5.02. The number of halogens is 1. The van der Waals surface area contributed by atoms with Crippen LogP contribution in [0.5, 0.6) is 0 Å². The molecule has 1 aromatic carbocycles. The van der Waals surface area contributed by atoms with Gasteiger partial charge in [-0.1, -0.05) is 15.9 Å². The molecule has 13 heavy (non-hydrogen) atoms. The van der Waals surface area contributed by atoms with Gasteiger partial charge in [0.25, 0.3) is 0 Å². The van der Waals surface area contributed by atoms with Crippen molar-refractivity contribution in [2.75, 3.05) is 6.61 Å². The summed E-state index contributed by atoms with van der Waals surface area (Å²) in [5, 5.41) is 1.24. The lowest BCUT2D eigenvalue weighted by atomic mass is 10.2.